The summed E-state index contributed by atoms with van der Waals surface area (Å²) in [5.41, 5.74) is 4.49. The van der Waals surface area contributed by atoms with Crippen LogP contribution in [0.1, 0.15) is 113 Å². The second-order valence-corrected chi connectivity index (χ2v) is 27.9. The molecule has 0 radical (unpaired) electrons. The smallest absolute Gasteiger partial charge is 0.192 e. The van der Waals surface area contributed by atoms with E-state index < -0.39 is 16.6 Å². The minimum Gasteiger partial charge on any atom is -0.413 e. The Bertz CT molecular complexity index is 1130. The van der Waals surface area contributed by atoms with Crippen molar-refractivity contribution in [3.05, 3.63) is 47.6 Å². The van der Waals surface area contributed by atoms with Crippen molar-refractivity contribution in [2.45, 2.75) is 168 Å². The van der Waals surface area contributed by atoms with E-state index in [-0.39, 0.29) is 28.4 Å². The van der Waals surface area contributed by atoms with E-state index in [2.05, 4.69) is 112 Å². The molecule has 0 aliphatic heterocycles. The molecule has 4 saturated carbocycles. The zero-order valence-electron chi connectivity index (χ0n) is 30.7. The van der Waals surface area contributed by atoms with Crippen molar-refractivity contribution in [1.82, 2.24) is 0 Å². The van der Waals surface area contributed by atoms with E-state index in [4.69, 9.17) is 8.85 Å². The highest BCUT2D eigenvalue weighted by Crippen LogP contribution is 2.59. The first-order chi connectivity index (χ1) is 20.2. The molecule has 0 saturated heterocycles. The predicted molar refractivity (Wildman–Crippen MR) is 194 cm³/mol. The Kier molecular flexibility index (Phi) is 10.7. The second kappa shape index (κ2) is 13.1. The van der Waals surface area contributed by atoms with Crippen LogP contribution >= 0.6 is 0 Å². The van der Waals surface area contributed by atoms with Crippen LogP contribution in [-0.2, 0) is 8.85 Å². The quantitative estimate of drug-likeness (QED) is 0.201. The van der Waals surface area contributed by atoms with Crippen LogP contribution < -0.4 is 0 Å². The molecule has 0 amide bonds. The van der Waals surface area contributed by atoms with Gasteiger partial charge in [-0.3, -0.25) is 0 Å². The number of rotatable bonds is 9. The molecule has 0 aromatic carbocycles. The van der Waals surface area contributed by atoms with Gasteiger partial charge >= 0.3 is 0 Å². The fourth-order valence-electron chi connectivity index (χ4n) is 7.93. The predicted octanol–water partition coefficient (Wildman–Crippen LogP) is 11.1. The summed E-state index contributed by atoms with van der Waals surface area (Å²) in [6.45, 7) is 33.2. The first kappa shape index (κ1) is 36.1. The van der Waals surface area contributed by atoms with E-state index in [0.717, 1.165) is 12.8 Å². The molecule has 1 N–H and O–H groups in total. The Morgan fingerprint density at radius 1 is 0.909 bits per heavy atom. The van der Waals surface area contributed by atoms with E-state index in [1.54, 1.807) is 5.57 Å². The zero-order valence-corrected chi connectivity index (χ0v) is 32.7. The molecule has 250 valence electrons. The van der Waals surface area contributed by atoms with E-state index in [0.29, 0.717) is 29.1 Å². The molecule has 5 heteroatoms. The summed E-state index contributed by atoms with van der Waals surface area (Å²) in [6, 6.07) is 0. The molecule has 4 rings (SSSR count). The van der Waals surface area contributed by atoms with Gasteiger partial charge in [0.25, 0.3) is 0 Å². The van der Waals surface area contributed by atoms with E-state index in [1.165, 1.54) is 56.1 Å². The minimum absolute atomic E-state index is 0.0233. The monoisotopic (exact) mass is 640 g/mol. The van der Waals surface area contributed by atoms with E-state index in [9.17, 15) is 5.11 Å². The Labute approximate surface area is 274 Å². The van der Waals surface area contributed by atoms with Crippen LogP contribution in [0.2, 0.25) is 36.3 Å². The van der Waals surface area contributed by atoms with Crippen molar-refractivity contribution in [3.8, 4) is 0 Å². The topological polar surface area (TPSA) is 38.7 Å². The summed E-state index contributed by atoms with van der Waals surface area (Å²) < 4.78 is 14.2. The lowest BCUT2D eigenvalue weighted by atomic mass is 9.61. The average molecular weight is 641 g/mol. The van der Waals surface area contributed by atoms with E-state index >= 15 is 0 Å². The van der Waals surface area contributed by atoms with Gasteiger partial charge in [-0.2, -0.15) is 0 Å². The maximum Gasteiger partial charge on any atom is 0.192 e. The molecule has 0 aromatic heterocycles. The number of hydrogen-bond donors (Lipinski definition) is 1. The lowest BCUT2D eigenvalue weighted by Gasteiger charge is -2.45. The van der Waals surface area contributed by atoms with Crippen LogP contribution in [0.15, 0.2) is 47.6 Å². The Hall–Kier alpha value is -0.726. The molecule has 4 aliphatic rings. The van der Waals surface area contributed by atoms with Gasteiger partial charge in [0.1, 0.15) is 0 Å². The molecule has 0 heterocycles. The molecule has 4 fully saturated rings. The van der Waals surface area contributed by atoms with Crippen molar-refractivity contribution in [2.24, 2.45) is 29.1 Å². The SMILES string of the molecule is C=C1/C(=C\C=C2\CCC[C@]3(C)C([C@H](C)/C=C/[C@H](O)C4CC4)CC[C@@H]23)C[C@@H](O[Si](C)(C)C(C)(C)C)C[C@@H]1O[Si](C)(C)C(C)(C)C. The summed E-state index contributed by atoms with van der Waals surface area (Å²) >= 11 is 0. The number of fused-ring (bicyclic) bond motifs is 1. The van der Waals surface area contributed by atoms with Crippen molar-refractivity contribution in [2.75, 3.05) is 0 Å². The van der Waals surface area contributed by atoms with Gasteiger partial charge < -0.3 is 14.0 Å². The van der Waals surface area contributed by atoms with Gasteiger partial charge in [0.05, 0.1) is 18.3 Å². The number of aliphatic hydroxyl groups excluding tert-OH is 1. The number of allylic oxidation sites excluding steroid dienone is 4. The standard InChI is InChI=1S/C39H68O3Si2/c1-27(16-23-35(40)30-18-19-30)33-21-22-34-29(15-14-24-39(33,34)9)17-20-31-25-32(41-43(10,11)37(3,4)5)26-36(28(31)2)42-44(12,13)38(6,7)8/h16-17,20,23,27,30,32-36,40H,2,14-15,18-19,21-22,24-26H2,1,3-13H3/b23-16+,29-17-,31-20-/t27-,32-,33?,34+,35+,36+,39-/m1/s1. The van der Waals surface area contributed by atoms with Crippen molar-refractivity contribution >= 4 is 16.6 Å². The number of aliphatic hydroxyl groups is 1. The van der Waals surface area contributed by atoms with Gasteiger partial charge in [-0.1, -0.05) is 91.8 Å². The maximum atomic E-state index is 10.5. The van der Waals surface area contributed by atoms with Crippen LogP contribution in [0.4, 0.5) is 0 Å². The molecule has 0 aromatic rings. The third-order valence-electron chi connectivity index (χ3n) is 13.1. The maximum absolute atomic E-state index is 10.5. The molecule has 3 nitrogen and oxygen atoms in total. The van der Waals surface area contributed by atoms with Gasteiger partial charge in [-0.25, -0.2) is 0 Å². The molecular formula is C39H68O3Si2. The molecule has 1 unspecified atom stereocenters. The van der Waals surface area contributed by atoms with Gasteiger partial charge in [-0.15, -0.1) is 0 Å². The summed E-state index contributed by atoms with van der Waals surface area (Å²) in [4.78, 5) is 0. The highest BCUT2D eigenvalue weighted by molar-refractivity contribution is 6.74. The Morgan fingerprint density at radius 2 is 1.52 bits per heavy atom. The first-order valence-electron chi connectivity index (χ1n) is 18.0. The molecule has 4 aliphatic carbocycles. The number of hydrogen-bond acceptors (Lipinski definition) is 3. The first-order valence-corrected chi connectivity index (χ1v) is 23.8. The van der Waals surface area contributed by atoms with Gasteiger partial charge in [0, 0.05) is 6.42 Å². The fourth-order valence-corrected chi connectivity index (χ4v) is 10.6. The van der Waals surface area contributed by atoms with Crippen molar-refractivity contribution < 1.29 is 14.0 Å². The highest BCUT2D eigenvalue weighted by Gasteiger charge is 2.50. The molecule has 44 heavy (non-hydrogen) atoms. The Morgan fingerprint density at radius 3 is 2.11 bits per heavy atom. The molecule has 7 atom stereocenters. The summed E-state index contributed by atoms with van der Waals surface area (Å²) in [6.07, 6.45) is 19.9. The van der Waals surface area contributed by atoms with Crippen molar-refractivity contribution in [1.29, 1.82) is 0 Å². The minimum atomic E-state index is -1.98. The van der Waals surface area contributed by atoms with Gasteiger partial charge in [-0.05, 0) is 128 Å². The average Bonchev–Trinajstić information content (AvgIpc) is 3.68. The largest absolute Gasteiger partial charge is 0.413 e. The zero-order chi connectivity index (χ0) is 32.9. The summed E-state index contributed by atoms with van der Waals surface area (Å²) in [5, 5.41) is 10.8. The van der Waals surface area contributed by atoms with Gasteiger partial charge in [0.15, 0.2) is 16.6 Å². The van der Waals surface area contributed by atoms with Crippen molar-refractivity contribution in [3.63, 3.8) is 0 Å². The highest BCUT2D eigenvalue weighted by atomic mass is 28.4. The van der Waals surface area contributed by atoms with E-state index in [1.807, 2.05) is 0 Å². The fraction of sp³-hybridized carbons (Fsp3) is 0.795. The third kappa shape index (κ3) is 7.86. The summed E-state index contributed by atoms with van der Waals surface area (Å²) in [5.74, 6) is 2.35. The third-order valence-corrected chi connectivity index (χ3v) is 22.1. The Balaban J connectivity index is 1.57. The summed E-state index contributed by atoms with van der Waals surface area (Å²) in [7, 11) is -3.90. The second-order valence-electron chi connectivity index (χ2n) is 18.4. The normalized spacial score (nSPS) is 34.2. The van der Waals surface area contributed by atoms with Gasteiger partial charge in [0.2, 0.25) is 0 Å². The van der Waals surface area contributed by atoms with Crippen LogP contribution in [-0.4, -0.2) is 40.1 Å². The lowest BCUT2D eigenvalue weighted by Crippen LogP contribution is -2.49. The van der Waals surface area contributed by atoms with Crippen LogP contribution in [0.5, 0.6) is 0 Å². The molecule has 0 spiro atoms. The van der Waals surface area contributed by atoms with Crippen LogP contribution in [0.3, 0.4) is 0 Å². The van der Waals surface area contributed by atoms with Crippen LogP contribution in [0.25, 0.3) is 0 Å². The molecular weight excluding hydrogens is 573 g/mol. The lowest BCUT2D eigenvalue weighted by molar-refractivity contribution is 0.0969. The molecule has 0 bridgehead atoms. The van der Waals surface area contributed by atoms with Crippen LogP contribution in [0, 0.1) is 29.1 Å².